The van der Waals surface area contributed by atoms with E-state index in [4.69, 9.17) is 9.84 Å². The molecule has 2 fully saturated rings. The molecule has 0 aromatic carbocycles. The molecule has 1 saturated carbocycles. The molecule has 5 heteroatoms. The van der Waals surface area contributed by atoms with E-state index in [-0.39, 0.29) is 5.92 Å². The zero-order chi connectivity index (χ0) is 10.8. The zero-order valence-electron chi connectivity index (χ0n) is 8.44. The highest BCUT2D eigenvalue weighted by atomic mass is 16.6. The first-order valence-corrected chi connectivity index (χ1v) is 5.38. The molecule has 2 rings (SSSR count). The maximum Gasteiger partial charge on any atom is 0.408 e. The molecule has 0 radical (unpaired) electrons. The Morgan fingerprint density at radius 2 is 2.00 bits per heavy atom. The van der Waals surface area contributed by atoms with Gasteiger partial charge in [-0.25, -0.2) is 9.59 Å². The summed E-state index contributed by atoms with van der Waals surface area (Å²) in [5.74, 6) is -0.796. The minimum atomic E-state index is -1.00. The van der Waals surface area contributed by atoms with Crippen LogP contribution in [0.1, 0.15) is 32.1 Å². The van der Waals surface area contributed by atoms with Crippen molar-refractivity contribution in [2.24, 2.45) is 5.92 Å². The minimum absolute atomic E-state index is 0.207. The lowest BCUT2D eigenvalue weighted by Gasteiger charge is -2.27. The first-order valence-electron chi connectivity index (χ1n) is 5.38. The Balaban J connectivity index is 2.05. The first kappa shape index (κ1) is 10.3. The molecule has 1 heterocycles. The molecule has 5 nitrogen and oxygen atoms in total. The molecule has 84 valence electrons. The van der Waals surface area contributed by atoms with Crippen LogP contribution in [0.4, 0.5) is 4.79 Å². The molecule has 0 bridgehead atoms. The van der Waals surface area contributed by atoms with Crippen LogP contribution in [0.2, 0.25) is 0 Å². The number of hydrogen-bond donors (Lipinski definition) is 2. The first-order chi connectivity index (χ1) is 7.18. The minimum Gasteiger partial charge on any atom is -0.480 e. The Morgan fingerprint density at radius 1 is 1.33 bits per heavy atom. The van der Waals surface area contributed by atoms with Gasteiger partial charge in [0.05, 0.1) is 0 Å². The lowest BCUT2D eigenvalue weighted by molar-refractivity contribution is -0.141. The largest absolute Gasteiger partial charge is 0.480 e. The van der Waals surface area contributed by atoms with Crippen molar-refractivity contribution >= 4 is 12.1 Å². The number of nitrogens with one attached hydrogen (secondary N) is 1. The fourth-order valence-electron chi connectivity index (χ4n) is 2.47. The van der Waals surface area contributed by atoms with Gasteiger partial charge in [0.1, 0.15) is 6.10 Å². The number of ether oxygens (including phenoxy) is 1. The number of hydrogen-bond acceptors (Lipinski definition) is 3. The van der Waals surface area contributed by atoms with Gasteiger partial charge in [-0.3, -0.25) is 0 Å². The van der Waals surface area contributed by atoms with Crippen molar-refractivity contribution < 1.29 is 19.4 Å². The summed E-state index contributed by atoms with van der Waals surface area (Å²) in [5.41, 5.74) is 0. The predicted octanol–water partition coefficient (Wildman–Crippen LogP) is 1.13. The molecule has 0 spiro atoms. The molecule has 1 aliphatic heterocycles. The van der Waals surface area contributed by atoms with Crippen molar-refractivity contribution in [1.29, 1.82) is 0 Å². The molecule has 2 aliphatic rings. The summed E-state index contributed by atoms with van der Waals surface area (Å²) < 4.78 is 5.04. The van der Waals surface area contributed by atoms with Crippen LogP contribution >= 0.6 is 0 Å². The topological polar surface area (TPSA) is 75.6 Å². The van der Waals surface area contributed by atoms with Crippen molar-refractivity contribution in [2.45, 2.75) is 44.2 Å². The van der Waals surface area contributed by atoms with E-state index in [1.807, 2.05) is 0 Å². The van der Waals surface area contributed by atoms with Crippen LogP contribution in [-0.2, 0) is 9.53 Å². The van der Waals surface area contributed by atoms with E-state index in [1.54, 1.807) is 0 Å². The predicted molar refractivity (Wildman–Crippen MR) is 51.4 cm³/mol. The van der Waals surface area contributed by atoms with Gasteiger partial charge in [-0.1, -0.05) is 19.3 Å². The van der Waals surface area contributed by atoms with Crippen LogP contribution in [0, 0.1) is 5.92 Å². The SMILES string of the molecule is O=C1N[C@H](C(=O)O)[C@@H](C2CCCCC2)O1. The van der Waals surface area contributed by atoms with Crippen LogP contribution in [0.3, 0.4) is 0 Å². The van der Waals surface area contributed by atoms with Gasteiger partial charge in [0.25, 0.3) is 0 Å². The lowest BCUT2D eigenvalue weighted by atomic mass is 9.83. The van der Waals surface area contributed by atoms with Gasteiger partial charge in [0.15, 0.2) is 6.04 Å². The standard InChI is InChI=1S/C10H15NO4/c12-9(13)7-8(15-10(14)11-7)6-4-2-1-3-5-6/h6-8H,1-5H2,(H,11,14)(H,12,13)/t7-,8+/m0/s1. The summed E-state index contributed by atoms with van der Waals surface area (Å²) in [5, 5.41) is 11.3. The van der Waals surface area contributed by atoms with E-state index in [0.717, 1.165) is 25.7 Å². The van der Waals surface area contributed by atoms with Gasteiger partial charge < -0.3 is 15.2 Å². The quantitative estimate of drug-likeness (QED) is 0.721. The maximum atomic E-state index is 11.0. The molecule has 0 aromatic heterocycles. The molecule has 1 saturated heterocycles. The fraction of sp³-hybridized carbons (Fsp3) is 0.800. The van der Waals surface area contributed by atoms with Crippen molar-refractivity contribution in [3.05, 3.63) is 0 Å². The van der Waals surface area contributed by atoms with Gasteiger partial charge in [-0.05, 0) is 18.8 Å². The van der Waals surface area contributed by atoms with Crippen molar-refractivity contribution in [3.8, 4) is 0 Å². The number of aliphatic carboxylic acids is 1. The Bertz CT molecular complexity index is 273. The summed E-state index contributed by atoms with van der Waals surface area (Å²) in [7, 11) is 0. The molecular weight excluding hydrogens is 198 g/mol. The van der Waals surface area contributed by atoms with Crippen molar-refractivity contribution in [1.82, 2.24) is 5.32 Å². The van der Waals surface area contributed by atoms with Crippen molar-refractivity contribution in [3.63, 3.8) is 0 Å². The molecule has 15 heavy (non-hydrogen) atoms. The third-order valence-corrected chi connectivity index (χ3v) is 3.23. The second kappa shape index (κ2) is 4.08. The molecule has 0 unspecified atom stereocenters. The van der Waals surface area contributed by atoms with E-state index in [0.29, 0.717) is 0 Å². The third kappa shape index (κ3) is 2.06. The van der Waals surface area contributed by atoms with E-state index in [9.17, 15) is 9.59 Å². The van der Waals surface area contributed by atoms with Crippen LogP contribution < -0.4 is 5.32 Å². The summed E-state index contributed by atoms with van der Waals surface area (Å²) in [6.07, 6.45) is 4.25. The number of cyclic esters (lactones) is 1. The average Bonchev–Trinajstić information content (AvgIpc) is 2.62. The molecule has 2 N–H and O–H groups in total. The van der Waals surface area contributed by atoms with Gasteiger partial charge in [0.2, 0.25) is 0 Å². The normalized spacial score (nSPS) is 32.1. The Morgan fingerprint density at radius 3 is 2.60 bits per heavy atom. The molecular formula is C10H15NO4. The van der Waals surface area contributed by atoms with Crippen LogP contribution in [0.25, 0.3) is 0 Å². The number of carbonyl (C=O) groups is 2. The van der Waals surface area contributed by atoms with E-state index >= 15 is 0 Å². The Labute approximate surface area is 87.8 Å². The Hall–Kier alpha value is -1.26. The number of carboxylic acids is 1. The molecule has 0 aromatic rings. The zero-order valence-corrected chi connectivity index (χ0v) is 8.44. The van der Waals surface area contributed by atoms with E-state index < -0.39 is 24.2 Å². The number of amides is 1. The number of carboxylic acid groups (broad SMARTS) is 1. The lowest BCUT2D eigenvalue weighted by Crippen LogP contribution is -2.43. The van der Waals surface area contributed by atoms with Crippen LogP contribution in [0.15, 0.2) is 0 Å². The van der Waals surface area contributed by atoms with Gasteiger partial charge in [-0.2, -0.15) is 0 Å². The van der Waals surface area contributed by atoms with E-state index in [1.165, 1.54) is 6.42 Å². The highest BCUT2D eigenvalue weighted by Gasteiger charge is 2.43. The monoisotopic (exact) mass is 213 g/mol. The average molecular weight is 213 g/mol. The fourth-order valence-corrected chi connectivity index (χ4v) is 2.47. The number of carbonyl (C=O) groups excluding carboxylic acids is 1. The smallest absolute Gasteiger partial charge is 0.408 e. The summed E-state index contributed by atoms with van der Waals surface area (Å²) in [4.78, 5) is 21.9. The summed E-state index contributed by atoms with van der Waals surface area (Å²) in [6, 6.07) is -0.861. The van der Waals surface area contributed by atoms with Gasteiger partial charge in [-0.15, -0.1) is 0 Å². The Kier molecular flexibility index (Phi) is 2.79. The van der Waals surface area contributed by atoms with E-state index in [2.05, 4.69) is 5.32 Å². The number of rotatable bonds is 2. The molecule has 2 atom stereocenters. The second-order valence-electron chi connectivity index (χ2n) is 4.23. The van der Waals surface area contributed by atoms with Gasteiger partial charge in [0, 0.05) is 0 Å². The molecule has 1 amide bonds. The summed E-state index contributed by atoms with van der Waals surface area (Å²) in [6.45, 7) is 0. The highest BCUT2D eigenvalue weighted by molar-refractivity contribution is 5.83. The van der Waals surface area contributed by atoms with Crippen LogP contribution in [0.5, 0.6) is 0 Å². The van der Waals surface area contributed by atoms with Crippen molar-refractivity contribution in [2.75, 3.05) is 0 Å². The second-order valence-corrected chi connectivity index (χ2v) is 4.23. The highest BCUT2D eigenvalue weighted by Crippen LogP contribution is 2.31. The van der Waals surface area contributed by atoms with Crippen LogP contribution in [-0.4, -0.2) is 29.3 Å². The van der Waals surface area contributed by atoms with Gasteiger partial charge >= 0.3 is 12.1 Å². The number of alkyl carbamates (subject to hydrolysis) is 1. The maximum absolute atomic E-state index is 11.0. The molecule has 1 aliphatic carbocycles. The third-order valence-electron chi connectivity index (χ3n) is 3.23. The summed E-state index contributed by atoms with van der Waals surface area (Å²) >= 11 is 0.